The number of carbonyl (C=O) groups excluding carboxylic acids is 1. The van der Waals surface area contributed by atoms with Crippen molar-refractivity contribution in [3.8, 4) is 0 Å². The Labute approximate surface area is 80.2 Å². The molecule has 0 heterocycles. The van der Waals surface area contributed by atoms with Crippen LogP contribution >= 0.6 is 0 Å². The maximum absolute atomic E-state index is 11.6. The van der Waals surface area contributed by atoms with Gasteiger partial charge in [-0.05, 0) is 38.0 Å². The van der Waals surface area contributed by atoms with Crippen LogP contribution in [0.3, 0.4) is 0 Å². The fourth-order valence-electron chi connectivity index (χ4n) is 2.57. The molecule has 1 heteroatoms. The first kappa shape index (κ1) is 8.98. The van der Waals surface area contributed by atoms with E-state index in [1.165, 1.54) is 19.3 Å². The highest BCUT2D eigenvalue weighted by Crippen LogP contribution is 2.32. The molecule has 0 saturated carbocycles. The van der Waals surface area contributed by atoms with Crippen LogP contribution in [0, 0.1) is 11.8 Å². The molecule has 0 saturated heterocycles. The third-order valence-electron chi connectivity index (χ3n) is 3.42. The Balaban J connectivity index is 2.14. The zero-order valence-electron chi connectivity index (χ0n) is 8.38. The first-order valence-corrected chi connectivity index (χ1v) is 5.48. The van der Waals surface area contributed by atoms with Gasteiger partial charge < -0.3 is 0 Å². The topological polar surface area (TPSA) is 17.1 Å². The van der Waals surface area contributed by atoms with Crippen LogP contribution in [0.25, 0.3) is 0 Å². The lowest BCUT2D eigenvalue weighted by Gasteiger charge is -2.25. The van der Waals surface area contributed by atoms with Gasteiger partial charge in [-0.3, -0.25) is 4.79 Å². The van der Waals surface area contributed by atoms with Gasteiger partial charge in [0.2, 0.25) is 0 Å². The second-order valence-electron chi connectivity index (χ2n) is 4.59. The van der Waals surface area contributed by atoms with E-state index < -0.39 is 0 Å². The zero-order chi connectivity index (χ0) is 9.26. The summed E-state index contributed by atoms with van der Waals surface area (Å²) in [5.74, 6) is 1.49. The van der Waals surface area contributed by atoms with E-state index in [2.05, 4.69) is 13.0 Å². The number of allylic oxidation sites excluding steroid dienone is 2. The van der Waals surface area contributed by atoms with Gasteiger partial charge in [0, 0.05) is 12.3 Å². The first-order chi connectivity index (χ1) is 6.25. The number of hydrogen-bond acceptors (Lipinski definition) is 1. The monoisotopic (exact) mass is 178 g/mol. The smallest absolute Gasteiger partial charge is 0.136 e. The van der Waals surface area contributed by atoms with E-state index in [0.717, 1.165) is 25.2 Å². The molecule has 0 radical (unpaired) electrons. The van der Waals surface area contributed by atoms with Gasteiger partial charge in [0.25, 0.3) is 0 Å². The van der Waals surface area contributed by atoms with Crippen LogP contribution in [0.4, 0.5) is 0 Å². The number of fused-ring (bicyclic) bond motifs is 1. The lowest BCUT2D eigenvalue weighted by atomic mass is 9.79. The Morgan fingerprint density at radius 3 is 3.00 bits per heavy atom. The minimum Gasteiger partial charge on any atom is -0.299 e. The van der Waals surface area contributed by atoms with Crippen LogP contribution < -0.4 is 0 Å². The maximum atomic E-state index is 11.6. The summed E-state index contributed by atoms with van der Waals surface area (Å²) in [6.45, 7) is 2.08. The molecule has 2 atom stereocenters. The molecule has 0 amide bonds. The van der Waals surface area contributed by atoms with Crippen LogP contribution in [-0.4, -0.2) is 5.78 Å². The molecule has 0 aromatic rings. The van der Waals surface area contributed by atoms with Gasteiger partial charge in [0.05, 0.1) is 0 Å². The molecule has 0 aliphatic heterocycles. The van der Waals surface area contributed by atoms with E-state index in [-0.39, 0.29) is 5.92 Å². The van der Waals surface area contributed by atoms with Gasteiger partial charge >= 0.3 is 0 Å². The second-order valence-corrected chi connectivity index (χ2v) is 4.59. The van der Waals surface area contributed by atoms with Crippen molar-refractivity contribution in [1.82, 2.24) is 0 Å². The Hall–Kier alpha value is -0.590. The second kappa shape index (κ2) is 3.65. The summed E-state index contributed by atoms with van der Waals surface area (Å²) in [6.07, 6.45) is 9.31. The molecule has 2 bridgehead atoms. The summed E-state index contributed by atoms with van der Waals surface area (Å²) in [4.78, 5) is 11.6. The lowest BCUT2D eigenvalue weighted by molar-refractivity contribution is -0.122. The summed E-state index contributed by atoms with van der Waals surface area (Å²) in [7, 11) is 0. The molecule has 2 aliphatic carbocycles. The Kier molecular flexibility index (Phi) is 2.52. The minimum atomic E-state index is 0.283. The summed E-state index contributed by atoms with van der Waals surface area (Å²) < 4.78 is 0. The molecule has 0 aromatic heterocycles. The van der Waals surface area contributed by atoms with Crippen molar-refractivity contribution < 1.29 is 4.79 Å². The van der Waals surface area contributed by atoms with E-state index in [9.17, 15) is 4.79 Å². The molecule has 0 fully saturated rings. The van der Waals surface area contributed by atoms with Crippen molar-refractivity contribution in [3.63, 3.8) is 0 Å². The van der Waals surface area contributed by atoms with Gasteiger partial charge in [-0.15, -0.1) is 0 Å². The highest BCUT2D eigenvalue weighted by molar-refractivity contribution is 5.81. The van der Waals surface area contributed by atoms with Crippen LogP contribution in [0.5, 0.6) is 0 Å². The third kappa shape index (κ3) is 2.01. The molecule has 2 unspecified atom stereocenters. The van der Waals surface area contributed by atoms with E-state index in [1.54, 1.807) is 5.57 Å². The molecule has 0 spiro atoms. The maximum Gasteiger partial charge on any atom is 0.136 e. The molecule has 1 nitrogen and oxygen atoms in total. The van der Waals surface area contributed by atoms with Crippen molar-refractivity contribution in [2.75, 3.05) is 0 Å². The van der Waals surface area contributed by atoms with Crippen molar-refractivity contribution in [2.24, 2.45) is 11.8 Å². The van der Waals surface area contributed by atoms with Gasteiger partial charge in [-0.25, -0.2) is 0 Å². The van der Waals surface area contributed by atoms with E-state index in [4.69, 9.17) is 0 Å². The summed E-state index contributed by atoms with van der Waals surface area (Å²) in [5, 5.41) is 0. The molecular formula is C12H18O. The van der Waals surface area contributed by atoms with Gasteiger partial charge in [0.15, 0.2) is 0 Å². The van der Waals surface area contributed by atoms with E-state index in [1.807, 2.05) is 0 Å². The SMILES string of the molecule is CC1CC2=CC(CCC2)CCC1=O. The van der Waals surface area contributed by atoms with Crippen molar-refractivity contribution in [2.45, 2.75) is 45.4 Å². The zero-order valence-corrected chi connectivity index (χ0v) is 8.38. The number of ketones is 1. The summed E-state index contributed by atoms with van der Waals surface area (Å²) >= 11 is 0. The fourth-order valence-corrected chi connectivity index (χ4v) is 2.57. The number of hydrogen-bond donors (Lipinski definition) is 0. The fraction of sp³-hybridized carbons (Fsp3) is 0.750. The van der Waals surface area contributed by atoms with E-state index >= 15 is 0 Å². The highest BCUT2D eigenvalue weighted by Gasteiger charge is 2.22. The Morgan fingerprint density at radius 1 is 1.31 bits per heavy atom. The van der Waals surface area contributed by atoms with Gasteiger partial charge in [-0.2, -0.15) is 0 Å². The number of rotatable bonds is 0. The quantitative estimate of drug-likeness (QED) is 0.521. The molecular weight excluding hydrogens is 160 g/mol. The normalized spacial score (nSPS) is 34.8. The van der Waals surface area contributed by atoms with E-state index in [0.29, 0.717) is 5.78 Å². The number of carbonyl (C=O) groups is 1. The molecule has 0 N–H and O–H groups in total. The minimum absolute atomic E-state index is 0.283. The van der Waals surface area contributed by atoms with Crippen LogP contribution in [-0.2, 0) is 4.79 Å². The predicted octanol–water partition coefficient (Wildman–Crippen LogP) is 3.10. The average molecular weight is 178 g/mol. The molecule has 2 rings (SSSR count). The highest BCUT2D eigenvalue weighted by atomic mass is 16.1. The third-order valence-corrected chi connectivity index (χ3v) is 3.42. The first-order valence-electron chi connectivity index (χ1n) is 5.48. The summed E-state index contributed by atoms with van der Waals surface area (Å²) in [5.41, 5.74) is 1.55. The number of Topliss-reactive ketones (excluding diaryl/α,β-unsaturated/α-hetero) is 1. The molecule has 72 valence electrons. The van der Waals surface area contributed by atoms with Crippen molar-refractivity contribution in [1.29, 1.82) is 0 Å². The average Bonchev–Trinajstić information content (AvgIpc) is 2.13. The largest absolute Gasteiger partial charge is 0.299 e. The van der Waals surface area contributed by atoms with Crippen LogP contribution in [0.1, 0.15) is 45.4 Å². The lowest BCUT2D eigenvalue weighted by Crippen LogP contribution is -2.18. The standard InChI is InChI=1S/C12H18O/c1-9-7-11-4-2-3-10(8-11)5-6-12(9)13/h8-10H,2-7H2,1H3. The van der Waals surface area contributed by atoms with Crippen LogP contribution in [0.2, 0.25) is 0 Å². The Morgan fingerprint density at radius 2 is 2.15 bits per heavy atom. The van der Waals surface area contributed by atoms with Crippen molar-refractivity contribution in [3.05, 3.63) is 11.6 Å². The molecule has 0 aromatic carbocycles. The van der Waals surface area contributed by atoms with Crippen molar-refractivity contribution >= 4 is 5.78 Å². The Bertz CT molecular complexity index is 240. The van der Waals surface area contributed by atoms with Gasteiger partial charge in [-0.1, -0.05) is 18.6 Å². The van der Waals surface area contributed by atoms with Crippen LogP contribution in [0.15, 0.2) is 11.6 Å². The van der Waals surface area contributed by atoms with Gasteiger partial charge in [0.1, 0.15) is 5.78 Å². The molecule has 2 aliphatic rings. The molecule has 13 heavy (non-hydrogen) atoms. The summed E-state index contributed by atoms with van der Waals surface area (Å²) in [6, 6.07) is 0. The predicted molar refractivity (Wildman–Crippen MR) is 53.4 cm³/mol.